The first kappa shape index (κ1) is 8.97. The predicted molar refractivity (Wildman–Crippen MR) is 49.9 cm³/mol. The molecule has 4 nitrogen and oxygen atoms in total. The number of carbonyl (C=O) groups excluding carboxylic acids is 1. The molecule has 2 heterocycles. The number of carbonyl (C=O) groups is 1. The third-order valence-electron chi connectivity index (χ3n) is 2.79. The van der Waals surface area contributed by atoms with Gasteiger partial charge in [0, 0.05) is 19.5 Å². The number of nitrogens with one attached hydrogen (secondary N) is 2. The van der Waals surface area contributed by atoms with Crippen LogP contribution in [0.3, 0.4) is 0 Å². The fourth-order valence-corrected chi connectivity index (χ4v) is 1.99. The Kier molecular flexibility index (Phi) is 2.80. The third kappa shape index (κ3) is 2.19. The summed E-state index contributed by atoms with van der Waals surface area (Å²) in [6.45, 7) is 3.93. The molecule has 2 rings (SSSR count). The Morgan fingerprint density at radius 2 is 2.38 bits per heavy atom. The fraction of sp³-hybridized carbons (Fsp3) is 0.889. The molecule has 0 aliphatic carbocycles. The van der Waals surface area contributed by atoms with E-state index in [2.05, 4.69) is 10.7 Å². The smallest absolute Gasteiger partial charge is 0.236 e. The summed E-state index contributed by atoms with van der Waals surface area (Å²) in [5.74, 6) is 0.834. The molecule has 2 aliphatic heterocycles. The molecule has 2 saturated heterocycles. The average molecular weight is 183 g/mol. The minimum Gasteiger partial charge on any atom is -0.316 e. The maximum atomic E-state index is 11.6. The van der Waals surface area contributed by atoms with Crippen molar-refractivity contribution in [3.63, 3.8) is 0 Å². The van der Waals surface area contributed by atoms with Crippen molar-refractivity contribution in [3.05, 3.63) is 0 Å². The zero-order chi connectivity index (χ0) is 9.10. The minimum atomic E-state index is 0.270. The van der Waals surface area contributed by atoms with Gasteiger partial charge in [-0.1, -0.05) is 0 Å². The molecule has 4 heteroatoms. The second-order valence-corrected chi connectivity index (χ2v) is 3.87. The van der Waals surface area contributed by atoms with E-state index in [-0.39, 0.29) is 5.91 Å². The second-order valence-electron chi connectivity index (χ2n) is 3.87. The molecular weight excluding hydrogens is 166 g/mol. The van der Waals surface area contributed by atoms with Gasteiger partial charge in [-0.05, 0) is 31.8 Å². The van der Waals surface area contributed by atoms with Gasteiger partial charge in [0.05, 0.1) is 0 Å². The average Bonchev–Trinajstić information content (AvgIpc) is 2.74. The molecule has 13 heavy (non-hydrogen) atoms. The van der Waals surface area contributed by atoms with E-state index in [1.54, 1.807) is 5.01 Å². The first-order valence-electron chi connectivity index (χ1n) is 5.11. The van der Waals surface area contributed by atoms with Crippen LogP contribution in [-0.2, 0) is 4.79 Å². The van der Waals surface area contributed by atoms with Crippen molar-refractivity contribution in [2.45, 2.75) is 19.3 Å². The Labute approximate surface area is 78.6 Å². The number of amides is 1. The van der Waals surface area contributed by atoms with Crippen LogP contribution < -0.4 is 10.7 Å². The first-order chi connectivity index (χ1) is 6.36. The Morgan fingerprint density at radius 1 is 1.46 bits per heavy atom. The molecule has 2 N–H and O–H groups in total. The molecule has 74 valence electrons. The molecule has 0 bridgehead atoms. The zero-order valence-electron chi connectivity index (χ0n) is 7.88. The van der Waals surface area contributed by atoms with Crippen molar-refractivity contribution in [2.24, 2.45) is 5.92 Å². The predicted octanol–water partition coefficient (Wildman–Crippen LogP) is -0.277. The zero-order valence-corrected chi connectivity index (χ0v) is 7.88. The number of rotatable bonds is 2. The van der Waals surface area contributed by atoms with Gasteiger partial charge in [-0.2, -0.15) is 0 Å². The summed E-state index contributed by atoms with van der Waals surface area (Å²) in [5, 5.41) is 5.05. The lowest BCUT2D eigenvalue weighted by molar-refractivity contribution is -0.133. The van der Waals surface area contributed by atoms with Crippen LogP contribution in [0.1, 0.15) is 19.3 Å². The van der Waals surface area contributed by atoms with Crippen LogP contribution in [0.4, 0.5) is 0 Å². The van der Waals surface area contributed by atoms with Gasteiger partial charge >= 0.3 is 0 Å². The molecule has 0 saturated carbocycles. The number of hydrogen-bond acceptors (Lipinski definition) is 3. The molecule has 1 atom stereocenters. The van der Waals surface area contributed by atoms with Crippen molar-refractivity contribution in [1.29, 1.82) is 0 Å². The standard InChI is InChI=1S/C9H17N3O/c13-9(12-5-1-3-11-12)6-8-2-4-10-7-8/h8,10-11H,1-7H2/t8-/m0/s1. The molecule has 0 aromatic heterocycles. The van der Waals surface area contributed by atoms with Gasteiger partial charge < -0.3 is 5.32 Å². The maximum absolute atomic E-state index is 11.6. The molecule has 1 amide bonds. The van der Waals surface area contributed by atoms with Gasteiger partial charge in [-0.25, -0.2) is 5.43 Å². The summed E-state index contributed by atoms with van der Waals surface area (Å²) in [6.07, 6.45) is 2.95. The topological polar surface area (TPSA) is 44.4 Å². The number of hydrazine groups is 1. The summed E-state index contributed by atoms with van der Waals surface area (Å²) >= 11 is 0. The van der Waals surface area contributed by atoms with Crippen molar-refractivity contribution >= 4 is 5.91 Å². The van der Waals surface area contributed by atoms with E-state index in [9.17, 15) is 4.79 Å². The van der Waals surface area contributed by atoms with E-state index in [1.165, 1.54) is 0 Å². The highest BCUT2D eigenvalue weighted by atomic mass is 16.2. The molecule has 0 aromatic rings. The van der Waals surface area contributed by atoms with Gasteiger partial charge in [-0.15, -0.1) is 0 Å². The summed E-state index contributed by atoms with van der Waals surface area (Å²) in [4.78, 5) is 11.6. The quantitative estimate of drug-likeness (QED) is 0.619. The van der Waals surface area contributed by atoms with Crippen molar-refractivity contribution < 1.29 is 4.79 Å². The van der Waals surface area contributed by atoms with Crippen LogP contribution in [-0.4, -0.2) is 37.1 Å². The van der Waals surface area contributed by atoms with Gasteiger partial charge in [0.15, 0.2) is 0 Å². The monoisotopic (exact) mass is 183 g/mol. The first-order valence-corrected chi connectivity index (χ1v) is 5.11. The Balaban J connectivity index is 1.76. The SMILES string of the molecule is O=C(C[C@@H]1CCNC1)N1CCCN1. The Hall–Kier alpha value is -0.610. The van der Waals surface area contributed by atoms with Gasteiger partial charge in [-0.3, -0.25) is 9.80 Å². The van der Waals surface area contributed by atoms with Crippen LogP contribution in [0.5, 0.6) is 0 Å². The van der Waals surface area contributed by atoms with E-state index < -0.39 is 0 Å². The normalized spacial score (nSPS) is 28.3. The van der Waals surface area contributed by atoms with Gasteiger partial charge in [0.1, 0.15) is 0 Å². The van der Waals surface area contributed by atoms with Gasteiger partial charge in [0.25, 0.3) is 0 Å². The lowest BCUT2D eigenvalue weighted by Crippen LogP contribution is -2.37. The molecule has 0 aromatic carbocycles. The highest BCUT2D eigenvalue weighted by Gasteiger charge is 2.23. The molecular formula is C9H17N3O. The molecule has 0 unspecified atom stereocenters. The number of hydrogen-bond donors (Lipinski definition) is 2. The van der Waals surface area contributed by atoms with Crippen LogP contribution in [0.2, 0.25) is 0 Å². The van der Waals surface area contributed by atoms with Crippen molar-refractivity contribution in [1.82, 2.24) is 15.8 Å². The third-order valence-corrected chi connectivity index (χ3v) is 2.79. The second kappa shape index (κ2) is 4.07. The number of nitrogens with zero attached hydrogens (tertiary/aromatic N) is 1. The molecule has 0 radical (unpaired) electrons. The highest BCUT2D eigenvalue weighted by Crippen LogP contribution is 2.14. The molecule has 2 aliphatic rings. The Bertz CT molecular complexity index is 183. The van der Waals surface area contributed by atoms with Crippen LogP contribution in [0.25, 0.3) is 0 Å². The van der Waals surface area contributed by atoms with Crippen LogP contribution >= 0.6 is 0 Å². The van der Waals surface area contributed by atoms with Crippen molar-refractivity contribution in [3.8, 4) is 0 Å². The van der Waals surface area contributed by atoms with E-state index in [4.69, 9.17) is 0 Å². The van der Waals surface area contributed by atoms with E-state index in [1.807, 2.05) is 0 Å². The van der Waals surface area contributed by atoms with E-state index in [0.29, 0.717) is 12.3 Å². The van der Waals surface area contributed by atoms with Crippen molar-refractivity contribution in [2.75, 3.05) is 26.2 Å². The summed E-state index contributed by atoms with van der Waals surface area (Å²) < 4.78 is 0. The summed E-state index contributed by atoms with van der Waals surface area (Å²) in [6, 6.07) is 0. The van der Waals surface area contributed by atoms with Gasteiger partial charge in [0.2, 0.25) is 5.91 Å². The van der Waals surface area contributed by atoms with E-state index >= 15 is 0 Å². The Morgan fingerprint density at radius 3 is 3.00 bits per heavy atom. The van der Waals surface area contributed by atoms with Crippen LogP contribution in [0, 0.1) is 5.92 Å². The van der Waals surface area contributed by atoms with Crippen LogP contribution in [0.15, 0.2) is 0 Å². The lowest BCUT2D eigenvalue weighted by Gasteiger charge is -2.17. The fourth-order valence-electron chi connectivity index (χ4n) is 1.99. The maximum Gasteiger partial charge on any atom is 0.236 e. The molecule has 0 spiro atoms. The van der Waals surface area contributed by atoms with E-state index in [0.717, 1.165) is 39.0 Å². The summed E-state index contributed by atoms with van der Waals surface area (Å²) in [5.41, 5.74) is 3.09. The minimum absolute atomic E-state index is 0.270. The highest BCUT2D eigenvalue weighted by molar-refractivity contribution is 5.76. The summed E-state index contributed by atoms with van der Waals surface area (Å²) in [7, 11) is 0. The molecule has 2 fully saturated rings. The largest absolute Gasteiger partial charge is 0.316 e. The lowest BCUT2D eigenvalue weighted by atomic mass is 10.0.